The Labute approximate surface area is 135 Å². The van der Waals surface area contributed by atoms with Gasteiger partial charge in [-0.05, 0) is 53.8 Å². The summed E-state index contributed by atoms with van der Waals surface area (Å²) in [5, 5.41) is 2.92. The lowest BCUT2D eigenvalue weighted by Crippen LogP contribution is -2.03. The Kier molecular flexibility index (Phi) is 3.27. The Bertz CT molecular complexity index is 850. The first-order valence-electron chi connectivity index (χ1n) is 7.76. The van der Waals surface area contributed by atoms with Crippen LogP contribution in [-0.4, -0.2) is 13.0 Å². The van der Waals surface area contributed by atoms with Crippen LogP contribution in [-0.2, 0) is 4.79 Å². The van der Waals surface area contributed by atoms with Crippen LogP contribution in [0.5, 0.6) is 5.75 Å². The van der Waals surface area contributed by atoms with Gasteiger partial charge in [0, 0.05) is 16.8 Å². The fourth-order valence-corrected chi connectivity index (χ4v) is 3.22. The number of amides is 1. The zero-order chi connectivity index (χ0) is 15.8. The Balaban J connectivity index is 1.80. The quantitative estimate of drug-likeness (QED) is 0.833. The van der Waals surface area contributed by atoms with E-state index in [1.54, 1.807) is 7.11 Å². The van der Waals surface area contributed by atoms with Crippen molar-refractivity contribution in [3.05, 3.63) is 76.9 Å². The van der Waals surface area contributed by atoms with Gasteiger partial charge >= 0.3 is 0 Å². The van der Waals surface area contributed by atoms with Gasteiger partial charge in [0.1, 0.15) is 5.75 Å². The molecule has 0 saturated carbocycles. The van der Waals surface area contributed by atoms with Crippen molar-refractivity contribution in [3.63, 3.8) is 0 Å². The summed E-state index contributed by atoms with van der Waals surface area (Å²) in [7, 11) is 1.63. The largest absolute Gasteiger partial charge is 0.497 e. The number of hydrogen-bond acceptors (Lipinski definition) is 2. The molecular weight excluding hydrogens is 286 g/mol. The summed E-state index contributed by atoms with van der Waals surface area (Å²) in [5.41, 5.74) is 6.12. The standard InChI is InChI=1S/C20H17NO2/c1-23-15-9-10-19-17(12-15)18(20(22)21-19)11-14-8-7-13-5-3-2-4-6-16(13)14/h2-3,5,7-12H,4,6H2,1H3,(H,21,22)/b18-11+. The Morgan fingerprint density at radius 1 is 1.26 bits per heavy atom. The number of carbonyl (C=O) groups excluding carboxylic acids is 1. The van der Waals surface area contributed by atoms with Gasteiger partial charge in [-0.15, -0.1) is 0 Å². The van der Waals surface area contributed by atoms with E-state index in [2.05, 4.69) is 35.7 Å². The van der Waals surface area contributed by atoms with Gasteiger partial charge in [0.2, 0.25) is 0 Å². The number of allylic oxidation sites excluding steroid dienone is 9. The van der Waals surface area contributed by atoms with E-state index in [0.29, 0.717) is 5.57 Å². The minimum absolute atomic E-state index is 0.0565. The van der Waals surface area contributed by atoms with Crippen LogP contribution in [0.4, 0.5) is 5.69 Å². The molecule has 2 aliphatic carbocycles. The molecule has 0 saturated heterocycles. The van der Waals surface area contributed by atoms with Crippen LogP contribution < -0.4 is 10.1 Å². The number of rotatable bonds is 2. The predicted molar refractivity (Wildman–Crippen MR) is 92.2 cm³/mol. The minimum atomic E-state index is -0.0565. The van der Waals surface area contributed by atoms with E-state index in [1.807, 2.05) is 24.3 Å². The lowest BCUT2D eigenvalue weighted by Gasteiger charge is -2.05. The monoisotopic (exact) mass is 303 g/mol. The molecule has 4 rings (SSSR count). The predicted octanol–water partition coefficient (Wildman–Crippen LogP) is 4.17. The zero-order valence-corrected chi connectivity index (χ0v) is 12.9. The molecule has 3 nitrogen and oxygen atoms in total. The molecule has 1 aromatic rings. The number of anilines is 1. The van der Waals surface area contributed by atoms with Crippen LogP contribution in [0, 0.1) is 0 Å². The molecule has 3 aliphatic rings. The molecule has 0 fully saturated rings. The van der Waals surface area contributed by atoms with Gasteiger partial charge in [-0.1, -0.05) is 30.4 Å². The molecule has 114 valence electrons. The second-order valence-corrected chi connectivity index (χ2v) is 5.78. The average Bonchev–Trinajstić information content (AvgIpc) is 2.98. The third kappa shape index (κ3) is 2.34. The maximum atomic E-state index is 12.4. The number of nitrogens with one attached hydrogen (secondary N) is 1. The maximum absolute atomic E-state index is 12.4. The number of hydrogen-bond donors (Lipinski definition) is 1. The third-order valence-electron chi connectivity index (χ3n) is 4.42. The van der Waals surface area contributed by atoms with Gasteiger partial charge in [0.25, 0.3) is 5.91 Å². The Morgan fingerprint density at radius 3 is 3.04 bits per heavy atom. The summed E-state index contributed by atoms with van der Waals surface area (Å²) in [5.74, 6) is 0.698. The molecule has 1 aliphatic heterocycles. The minimum Gasteiger partial charge on any atom is -0.497 e. The highest BCUT2D eigenvalue weighted by Gasteiger charge is 2.25. The number of methoxy groups -OCH3 is 1. The molecule has 0 spiro atoms. The first-order valence-corrected chi connectivity index (χ1v) is 7.76. The Hall–Kier alpha value is -2.81. The van der Waals surface area contributed by atoms with Crippen molar-refractivity contribution in [2.75, 3.05) is 12.4 Å². The van der Waals surface area contributed by atoms with Crippen molar-refractivity contribution < 1.29 is 9.53 Å². The lowest BCUT2D eigenvalue weighted by molar-refractivity contribution is -0.110. The first kappa shape index (κ1) is 13.8. The highest BCUT2D eigenvalue weighted by Crippen LogP contribution is 2.38. The van der Waals surface area contributed by atoms with Crippen LogP contribution in [0.2, 0.25) is 0 Å². The highest BCUT2D eigenvalue weighted by molar-refractivity contribution is 6.32. The summed E-state index contributed by atoms with van der Waals surface area (Å²) in [6, 6.07) is 5.65. The first-order chi connectivity index (χ1) is 11.3. The van der Waals surface area contributed by atoms with E-state index in [1.165, 1.54) is 11.1 Å². The topological polar surface area (TPSA) is 38.3 Å². The fraction of sp³-hybridized carbons (Fsp3) is 0.150. The molecule has 0 aromatic heterocycles. The molecule has 23 heavy (non-hydrogen) atoms. The lowest BCUT2D eigenvalue weighted by atomic mass is 9.98. The Morgan fingerprint density at radius 2 is 2.17 bits per heavy atom. The zero-order valence-electron chi connectivity index (χ0n) is 12.9. The number of carbonyl (C=O) groups is 1. The molecule has 1 aromatic carbocycles. The summed E-state index contributed by atoms with van der Waals surface area (Å²) in [6.45, 7) is 0. The maximum Gasteiger partial charge on any atom is 0.256 e. The van der Waals surface area contributed by atoms with Crippen LogP contribution in [0.15, 0.2) is 71.4 Å². The molecule has 0 atom stereocenters. The van der Waals surface area contributed by atoms with Gasteiger partial charge < -0.3 is 10.1 Å². The number of ether oxygens (including phenoxy) is 1. The number of benzene rings is 1. The molecule has 0 radical (unpaired) electrons. The van der Waals surface area contributed by atoms with E-state index in [-0.39, 0.29) is 5.91 Å². The SMILES string of the molecule is COc1ccc2c(c1)/C(=C\C1=C3CCC=CC=C3C=C1)C(=O)N2. The van der Waals surface area contributed by atoms with E-state index < -0.39 is 0 Å². The molecule has 0 bridgehead atoms. The summed E-state index contributed by atoms with van der Waals surface area (Å²) in [4.78, 5) is 12.4. The van der Waals surface area contributed by atoms with Crippen molar-refractivity contribution in [1.29, 1.82) is 0 Å². The van der Waals surface area contributed by atoms with E-state index in [4.69, 9.17) is 4.74 Å². The van der Waals surface area contributed by atoms with Crippen LogP contribution in [0.1, 0.15) is 18.4 Å². The molecule has 1 amide bonds. The van der Waals surface area contributed by atoms with Gasteiger partial charge in [0.05, 0.1) is 7.11 Å². The summed E-state index contributed by atoms with van der Waals surface area (Å²) in [6.07, 6.45) is 14.7. The van der Waals surface area contributed by atoms with Crippen LogP contribution in [0.3, 0.4) is 0 Å². The normalized spacial score (nSPS) is 20.3. The molecule has 0 unspecified atom stereocenters. The van der Waals surface area contributed by atoms with Gasteiger partial charge in [0.15, 0.2) is 0 Å². The van der Waals surface area contributed by atoms with Crippen molar-refractivity contribution >= 4 is 17.2 Å². The number of fused-ring (bicyclic) bond motifs is 2. The van der Waals surface area contributed by atoms with E-state index in [9.17, 15) is 4.79 Å². The van der Waals surface area contributed by atoms with Crippen LogP contribution in [0.25, 0.3) is 5.57 Å². The fourth-order valence-electron chi connectivity index (χ4n) is 3.22. The second kappa shape index (κ2) is 5.43. The van der Waals surface area contributed by atoms with Gasteiger partial charge in [-0.2, -0.15) is 0 Å². The van der Waals surface area contributed by atoms with E-state index in [0.717, 1.165) is 35.4 Å². The summed E-state index contributed by atoms with van der Waals surface area (Å²) >= 11 is 0. The third-order valence-corrected chi connectivity index (χ3v) is 4.42. The van der Waals surface area contributed by atoms with Crippen molar-refractivity contribution in [2.45, 2.75) is 12.8 Å². The van der Waals surface area contributed by atoms with Gasteiger partial charge in [-0.3, -0.25) is 4.79 Å². The highest BCUT2D eigenvalue weighted by atomic mass is 16.5. The second-order valence-electron chi connectivity index (χ2n) is 5.78. The van der Waals surface area contributed by atoms with Crippen molar-refractivity contribution in [3.8, 4) is 5.75 Å². The summed E-state index contributed by atoms with van der Waals surface area (Å²) < 4.78 is 5.29. The van der Waals surface area contributed by atoms with E-state index >= 15 is 0 Å². The molecule has 1 N–H and O–H groups in total. The van der Waals surface area contributed by atoms with Crippen LogP contribution >= 0.6 is 0 Å². The van der Waals surface area contributed by atoms with Crippen molar-refractivity contribution in [1.82, 2.24) is 0 Å². The molecule has 3 heteroatoms. The smallest absolute Gasteiger partial charge is 0.256 e. The average molecular weight is 303 g/mol. The molecular formula is C20H17NO2. The van der Waals surface area contributed by atoms with Gasteiger partial charge in [-0.25, -0.2) is 0 Å². The van der Waals surface area contributed by atoms with Crippen molar-refractivity contribution in [2.24, 2.45) is 0 Å². The molecule has 1 heterocycles.